The van der Waals surface area contributed by atoms with Gasteiger partial charge in [0.2, 0.25) is 17.7 Å². The van der Waals surface area contributed by atoms with E-state index < -0.39 is 47.6 Å². The summed E-state index contributed by atoms with van der Waals surface area (Å²) in [5.74, 6) is -2.50. The molecule has 1 N–H and O–H groups in total. The number of nitrogens with one attached hydrogen (secondary N) is 1. The van der Waals surface area contributed by atoms with E-state index in [1.807, 2.05) is 30.3 Å². The Morgan fingerprint density at radius 2 is 1.60 bits per heavy atom. The molecule has 1 fully saturated rings. The summed E-state index contributed by atoms with van der Waals surface area (Å²) < 4.78 is 40.2. The van der Waals surface area contributed by atoms with Crippen LogP contribution in [-0.4, -0.2) is 72.7 Å². The Morgan fingerprint density at radius 1 is 0.952 bits per heavy atom. The van der Waals surface area contributed by atoms with Crippen LogP contribution in [-0.2, 0) is 27.0 Å². The molecule has 0 spiro atoms. The maximum atomic E-state index is 13.4. The highest BCUT2D eigenvalue weighted by Crippen LogP contribution is 2.32. The summed E-state index contributed by atoms with van der Waals surface area (Å²) in [7, 11) is 1.58. The Kier molecular flexibility index (Phi) is 9.52. The van der Waals surface area contributed by atoms with Crippen LogP contribution >= 0.6 is 11.6 Å². The van der Waals surface area contributed by atoms with Crippen LogP contribution in [0, 0.1) is 0 Å². The molecule has 0 aromatic heterocycles. The fraction of sp³-hybridized carbons (Fsp3) is 0.267. The molecule has 4 rings (SSSR count). The van der Waals surface area contributed by atoms with Gasteiger partial charge < -0.3 is 20.0 Å². The number of amides is 4. The number of hydrogen-bond acceptors (Lipinski definition) is 4. The maximum Gasteiger partial charge on any atom is 0.417 e. The van der Waals surface area contributed by atoms with Gasteiger partial charge in [-0.15, -0.1) is 0 Å². The number of nitrogens with zero attached hydrogens (tertiary/aromatic N) is 3. The van der Waals surface area contributed by atoms with Crippen LogP contribution in [0.1, 0.15) is 21.5 Å². The zero-order valence-corrected chi connectivity index (χ0v) is 23.4. The Hall–Kier alpha value is -4.38. The van der Waals surface area contributed by atoms with Gasteiger partial charge in [-0.3, -0.25) is 19.2 Å². The zero-order chi connectivity index (χ0) is 30.4. The monoisotopic (exact) mass is 600 g/mol. The van der Waals surface area contributed by atoms with Crippen LogP contribution in [0.3, 0.4) is 0 Å². The SMILES string of the molecule is CN(C(=O)[C@H](Cc1ccccc1)NC(=O)CN1CCN(C(=O)c2ccccc2C(F)(F)F)CC1=O)c1ccc(Cl)cc1. The molecule has 8 nitrogen and oxygen atoms in total. The minimum atomic E-state index is -4.73. The van der Waals surface area contributed by atoms with Crippen LogP contribution in [0.2, 0.25) is 5.02 Å². The predicted octanol–water partition coefficient (Wildman–Crippen LogP) is 4.03. The van der Waals surface area contributed by atoms with Crippen LogP contribution in [0.15, 0.2) is 78.9 Å². The number of halogens is 4. The van der Waals surface area contributed by atoms with Gasteiger partial charge in [0, 0.05) is 37.3 Å². The summed E-state index contributed by atoms with van der Waals surface area (Å²) in [5, 5.41) is 3.23. The first kappa shape index (κ1) is 30.6. The van der Waals surface area contributed by atoms with Gasteiger partial charge in [-0.2, -0.15) is 13.2 Å². The van der Waals surface area contributed by atoms with Crippen molar-refractivity contribution in [2.75, 3.05) is 38.1 Å². The lowest BCUT2D eigenvalue weighted by Crippen LogP contribution is -2.56. The van der Waals surface area contributed by atoms with E-state index in [1.165, 1.54) is 21.9 Å². The Balaban J connectivity index is 1.42. The number of benzene rings is 3. The van der Waals surface area contributed by atoms with Crippen LogP contribution in [0.5, 0.6) is 0 Å². The Labute approximate surface area is 245 Å². The summed E-state index contributed by atoms with van der Waals surface area (Å²) in [4.78, 5) is 55.8. The van der Waals surface area contributed by atoms with E-state index in [0.29, 0.717) is 10.7 Å². The maximum absolute atomic E-state index is 13.4. The van der Waals surface area contributed by atoms with Gasteiger partial charge in [0.1, 0.15) is 12.6 Å². The summed E-state index contributed by atoms with van der Waals surface area (Å²) in [6.07, 6.45) is -4.54. The number of alkyl halides is 3. The standard InChI is InChI=1S/C30H28ClF3N4O4/c1-36(22-13-11-21(31)12-14-22)29(42)25(17-20-7-3-2-4-8-20)35-26(39)18-37-15-16-38(19-27(37)40)28(41)23-9-5-6-10-24(23)30(32,33)34/h2-14,25H,15-19H2,1H3,(H,35,39)/t25-/m0/s1. The third-order valence-electron chi connectivity index (χ3n) is 6.86. The number of hydrogen-bond donors (Lipinski definition) is 1. The van der Waals surface area contributed by atoms with Crippen molar-refractivity contribution in [3.63, 3.8) is 0 Å². The summed E-state index contributed by atoms with van der Waals surface area (Å²) >= 11 is 5.96. The first-order valence-electron chi connectivity index (χ1n) is 13.0. The van der Waals surface area contributed by atoms with Crippen molar-refractivity contribution < 1.29 is 32.3 Å². The van der Waals surface area contributed by atoms with E-state index in [0.717, 1.165) is 22.6 Å². The molecule has 42 heavy (non-hydrogen) atoms. The third-order valence-corrected chi connectivity index (χ3v) is 7.12. The largest absolute Gasteiger partial charge is 0.417 e. The average molecular weight is 601 g/mol. The molecule has 3 aromatic rings. The number of rotatable bonds is 8. The van der Waals surface area contributed by atoms with Crippen molar-refractivity contribution in [3.05, 3.63) is 101 Å². The van der Waals surface area contributed by atoms with Gasteiger partial charge >= 0.3 is 6.18 Å². The molecule has 0 bridgehead atoms. The summed E-state index contributed by atoms with van der Waals surface area (Å²) in [6, 6.07) is 19.2. The quantitative estimate of drug-likeness (QED) is 0.423. The Morgan fingerprint density at radius 3 is 2.24 bits per heavy atom. The average Bonchev–Trinajstić information content (AvgIpc) is 2.97. The molecule has 1 aliphatic heterocycles. The molecule has 1 aliphatic rings. The topological polar surface area (TPSA) is 90.0 Å². The third kappa shape index (κ3) is 7.47. The highest BCUT2D eigenvalue weighted by Gasteiger charge is 2.37. The molecular weight excluding hydrogens is 573 g/mol. The number of carbonyl (C=O) groups excluding carboxylic acids is 4. The van der Waals surface area contributed by atoms with Gasteiger partial charge in [-0.25, -0.2) is 0 Å². The van der Waals surface area contributed by atoms with E-state index in [4.69, 9.17) is 11.6 Å². The van der Waals surface area contributed by atoms with Gasteiger partial charge in [0.05, 0.1) is 17.7 Å². The minimum absolute atomic E-state index is 0.0598. The lowest BCUT2D eigenvalue weighted by atomic mass is 10.0. The molecule has 0 aliphatic carbocycles. The fourth-order valence-electron chi connectivity index (χ4n) is 4.63. The van der Waals surface area contributed by atoms with E-state index in [-0.39, 0.29) is 32.0 Å². The second-order valence-electron chi connectivity index (χ2n) is 9.77. The van der Waals surface area contributed by atoms with Crippen molar-refractivity contribution in [1.29, 1.82) is 0 Å². The smallest absolute Gasteiger partial charge is 0.342 e. The Bertz CT molecular complexity index is 1450. The van der Waals surface area contributed by atoms with Gasteiger partial charge in [-0.05, 0) is 42.0 Å². The lowest BCUT2D eigenvalue weighted by Gasteiger charge is -2.34. The summed E-state index contributed by atoms with van der Waals surface area (Å²) in [6.45, 7) is -0.989. The predicted molar refractivity (Wildman–Crippen MR) is 151 cm³/mol. The lowest BCUT2D eigenvalue weighted by molar-refractivity contribution is -0.140. The zero-order valence-electron chi connectivity index (χ0n) is 22.6. The first-order chi connectivity index (χ1) is 19.9. The summed E-state index contributed by atoms with van der Waals surface area (Å²) in [5.41, 5.74) is -0.249. The number of likely N-dealkylation sites (N-methyl/N-ethyl adjacent to an activating group) is 1. The molecule has 0 radical (unpaired) electrons. The minimum Gasteiger partial charge on any atom is -0.342 e. The van der Waals surface area contributed by atoms with Crippen LogP contribution in [0.4, 0.5) is 18.9 Å². The second-order valence-corrected chi connectivity index (χ2v) is 10.2. The van der Waals surface area contributed by atoms with Gasteiger partial charge in [-0.1, -0.05) is 54.1 Å². The molecule has 1 saturated heterocycles. The fourth-order valence-corrected chi connectivity index (χ4v) is 4.75. The molecule has 12 heteroatoms. The van der Waals surface area contributed by atoms with Crippen LogP contribution in [0.25, 0.3) is 0 Å². The van der Waals surface area contributed by atoms with Gasteiger partial charge in [0.25, 0.3) is 5.91 Å². The molecule has 0 unspecified atom stereocenters. The highest BCUT2D eigenvalue weighted by molar-refractivity contribution is 6.30. The number of piperazine rings is 1. The molecule has 1 atom stereocenters. The van der Waals surface area contributed by atoms with Crippen molar-refractivity contribution in [3.8, 4) is 0 Å². The molecule has 1 heterocycles. The molecule has 4 amide bonds. The van der Waals surface area contributed by atoms with E-state index in [1.54, 1.807) is 31.3 Å². The molecule has 3 aromatic carbocycles. The first-order valence-corrected chi connectivity index (χ1v) is 13.4. The highest BCUT2D eigenvalue weighted by atomic mass is 35.5. The molecule has 0 saturated carbocycles. The second kappa shape index (κ2) is 13.1. The van der Waals surface area contributed by atoms with Crippen molar-refractivity contribution in [2.45, 2.75) is 18.6 Å². The number of anilines is 1. The van der Waals surface area contributed by atoms with Crippen LogP contribution < -0.4 is 10.2 Å². The normalized spacial score (nSPS) is 14.4. The van der Waals surface area contributed by atoms with Crippen molar-refractivity contribution in [2.24, 2.45) is 0 Å². The van der Waals surface area contributed by atoms with Crippen molar-refractivity contribution in [1.82, 2.24) is 15.1 Å². The van der Waals surface area contributed by atoms with E-state index >= 15 is 0 Å². The molecular formula is C30H28ClF3N4O4. The molecule has 220 valence electrons. The number of carbonyl (C=O) groups is 4. The van der Waals surface area contributed by atoms with Crippen molar-refractivity contribution >= 4 is 40.9 Å². The van der Waals surface area contributed by atoms with Gasteiger partial charge in [0.15, 0.2) is 0 Å². The van der Waals surface area contributed by atoms with E-state index in [2.05, 4.69) is 5.32 Å². The van der Waals surface area contributed by atoms with E-state index in [9.17, 15) is 32.3 Å².